The predicted molar refractivity (Wildman–Crippen MR) is 107 cm³/mol. The molecule has 3 aromatic rings. The fraction of sp³-hybridized carbons (Fsp3) is 0.389. The number of carbonyl (C=O) groups is 1. The summed E-state index contributed by atoms with van der Waals surface area (Å²) in [5, 5.41) is 6.60. The molecule has 0 aliphatic carbocycles. The molecule has 26 heavy (non-hydrogen) atoms. The highest BCUT2D eigenvalue weighted by atomic mass is 32.1. The van der Waals surface area contributed by atoms with E-state index < -0.39 is 0 Å². The summed E-state index contributed by atoms with van der Waals surface area (Å²) in [4.78, 5) is 23.7. The summed E-state index contributed by atoms with van der Waals surface area (Å²) in [6.07, 6.45) is 1.66. The Hall–Kier alpha value is -2.19. The van der Waals surface area contributed by atoms with Crippen molar-refractivity contribution in [1.82, 2.24) is 9.97 Å². The van der Waals surface area contributed by atoms with E-state index in [1.165, 1.54) is 11.3 Å². The van der Waals surface area contributed by atoms with Gasteiger partial charge in [0.2, 0.25) is 5.91 Å². The van der Waals surface area contributed by atoms with Gasteiger partial charge in [0.25, 0.3) is 0 Å². The molecule has 1 aliphatic rings. The van der Waals surface area contributed by atoms with Crippen LogP contribution in [0.4, 0.5) is 10.3 Å². The highest BCUT2D eigenvalue weighted by Crippen LogP contribution is 2.33. The average molecular weight is 389 g/mol. The number of hydrogen-bond acceptors (Lipinski definition) is 7. The number of piperidine rings is 1. The molecule has 136 valence electrons. The van der Waals surface area contributed by atoms with Gasteiger partial charge in [-0.3, -0.25) is 4.79 Å². The minimum absolute atomic E-state index is 0.0323. The van der Waals surface area contributed by atoms with E-state index in [1.807, 2.05) is 30.5 Å². The first-order chi connectivity index (χ1) is 12.6. The van der Waals surface area contributed by atoms with E-state index in [1.54, 1.807) is 18.4 Å². The number of anilines is 2. The number of amides is 1. The quantitative estimate of drug-likeness (QED) is 0.734. The number of ether oxygens (including phenoxy) is 1. The van der Waals surface area contributed by atoms with Crippen LogP contribution in [0, 0.1) is 12.8 Å². The van der Waals surface area contributed by atoms with Crippen molar-refractivity contribution in [2.24, 2.45) is 5.92 Å². The van der Waals surface area contributed by atoms with Crippen molar-refractivity contribution in [1.29, 1.82) is 0 Å². The van der Waals surface area contributed by atoms with Crippen molar-refractivity contribution < 1.29 is 9.53 Å². The van der Waals surface area contributed by atoms with Crippen molar-refractivity contribution in [3.63, 3.8) is 0 Å². The summed E-state index contributed by atoms with van der Waals surface area (Å²) in [7, 11) is 1.67. The lowest BCUT2D eigenvalue weighted by molar-refractivity contribution is -0.120. The van der Waals surface area contributed by atoms with Crippen LogP contribution in [0.15, 0.2) is 23.6 Å². The maximum absolute atomic E-state index is 12.4. The van der Waals surface area contributed by atoms with Gasteiger partial charge in [-0.25, -0.2) is 9.97 Å². The van der Waals surface area contributed by atoms with E-state index in [0.29, 0.717) is 5.13 Å². The van der Waals surface area contributed by atoms with Crippen molar-refractivity contribution in [3.8, 4) is 5.75 Å². The maximum atomic E-state index is 12.4. The third-order valence-corrected chi connectivity index (χ3v) is 6.52. The molecule has 1 aliphatic heterocycles. The molecule has 0 spiro atoms. The second kappa shape index (κ2) is 7.20. The normalized spacial score (nSPS) is 15.4. The van der Waals surface area contributed by atoms with E-state index in [2.05, 4.69) is 15.2 Å². The highest BCUT2D eigenvalue weighted by molar-refractivity contribution is 7.22. The Kier molecular flexibility index (Phi) is 4.78. The van der Waals surface area contributed by atoms with Crippen LogP contribution in [0.5, 0.6) is 5.75 Å². The number of methoxy groups -OCH3 is 1. The number of rotatable bonds is 4. The SMILES string of the molecule is COc1ccc2nc(N3CCC(C(=O)Nc4nc(C)cs4)CC3)sc2c1. The standard InChI is InChI=1S/C18H20N4O2S2/c1-11-10-25-17(19-11)21-16(23)12-5-7-22(8-6-12)18-20-14-4-3-13(24-2)9-15(14)26-18/h3-4,9-10,12H,5-8H2,1-2H3,(H,19,21,23). The first-order valence-electron chi connectivity index (χ1n) is 8.55. The maximum Gasteiger partial charge on any atom is 0.229 e. The number of nitrogens with one attached hydrogen (secondary N) is 1. The van der Waals surface area contributed by atoms with Gasteiger partial charge >= 0.3 is 0 Å². The van der Waals surface area contributed by atoms with Gasteiger partial charge in [-0.05, 0) is 38.0 Å². The number of hydrogen-bond donors (Lipinski definition) is 1. The van der Waals surface area contributed by atoms with Crippen molar-refractivity contribution in [3.05, 3.63) is 29.3 Å². The summed E-state index contributed by atoms with van der Waals surface area (Å²) in [6, 6.07) is 5.94. The van der Waals surface area contributed by atoms with E-state index in [-0.39, 0.29) is 11.8 Å². The van der Waals surface area contributed by atoms with E-state index in [4.69, 9.17) is 9.72 Å². The number of carbonyl (C=O) groups excluding carboxylic acids is 1. The van der Waals surface area contributed by atoms with Crippen LogP contribution < -0.4 is 15.0 Å². The molecule has 1 aromatic carbocycles. The van der Waals surface area contributed by atoms with Crippen LogP contribution in [0.2, 0.25) is 0 Å². The zero-order valence-electron chi connectivity index (χ0n) is 14.7. The number of thiazole rings is 2. The molecule has 3 heterocycles. The molecule has 8 heteroatoms. The summed E-state index contributed by atoms with van der Waals surface area (Å²) in [5.74, 6) is 0.957. The highest BCUT2D eigenvalue weighted by Gasteiger charge is 2.27. The Balaban J connectivity index is 1.39. The molecule has 6 nitrogen and oxygen atoms in total. The van der Waals surface area contributed by atoms with Gasteiger partial charge < -0.3 is 15.0 Å². The minimum Gasteiger partial charge on any atom is -0.497 e. The monoisotopic (exact) mass is 388 g/mol. The Morgan fingerprint density at radius 3 is 2.81 bits per heavy atom. The zero-order valence-corrected chi connectivity index (χ0v) is 16.3. The molecular weight excluding hydrogens is 368 g/mol. The van der Waals surface area contributed by atoms with Gasteiger partial charge in [0.1, 0.15) is 5.75 Å². The molecular formula is C18H20N4O2S2. The summed E-state index contributed by atoms with van der Waals surface area (Å²) >= 11 is 3.15. The van der Waals surface area contributed by atoms with Crippen LogP contribution >= 0.6 is 22.7 Å². The molecule has 0 saturated carbocycles. The van der Waals surface area contributed by atoms with E-state index >= 15 is 0 Å². The average Bonchev–Trinajstić information content (AvgIpc) is 3.27. The van der Waals surface area contributed by atoms with Crippen molar-refractivity contribution >= 4 is 49.1 Å². The fourth-order valence-corrected chi connectivity index (χ4v) is 4.84. The molecule has 1 fully saturated rings. The molecule has 4 rings (SSSR count). The van der Waals surface area contributed by atoms with Crippen LogP contribution in [-0.2, 0) is 4.79 Å². The number of nitrogens with zero attached hydrogens (tertiary/aromatic N) is 3. The van der Waals surface area contributed by atoms with Gasteiger partial charge in [0.05, 0.1) is 23.0 Å². The molecule has 1 amide bonds. The summed E-state index contributed by atoms with van der Waals surface area (Å²) < 4.78 is 6.41. The number of aryl methyl sites for hydroxylation is 1. The Bertz CT molecular complexity index is 928. The number of aromatic nitrogens is 2. The summed E-state index contributed by atoms with van der Waals surface area (Å²) in [5.41, 5.74) is 1.93. The smallest absolute Gasteiger partial charge is 0.229 e. The van der Waals surface area contributed by atoms with Crippen molar-refractivity contribution in [2.75, 3.05) is 30.4 Å². The lowest BCUT2D eigenvalue weighted by atomic mass is 9.96. The topological polar surface area (TPSA) is 67.3 Å². The Morgan fingerprint density at radius 1 is 1.31 bits per heavy atom. The Morgan fingerprint density at radius 2 is 2.12 bits per heavy atom. The Labute approximate surface area is 159 Å². The second-order valence-electron chi connectivity index (χ2n) is 6.37. The predicted octanol–water partition coefficient (Wildman–Crippen LogP) is 3.92. The molecule has 0 bridgehead atoms. The molecule has 2 aromatic heterocycles. The largest absolute Gasteiger partial charge is 0.497 e. The minimum atomic E-state index is 0.0323. The second-order valence-corrected chi connectivity index (χ2v) is 8.24. The van der Waals surface area contributed by atoms with Gasteiger partial charge in [-0.1, -0.05) is 11.3 Å². The number of benzene rings is 1. The van der Waals surface area contributed by atoms with E-state index in [0.717, 1.165) is 52.7 Å². The summed E-state index contributed by atoms with van der Waals surface area (Å²) in [6.45, 7) is 3.61. The third-order valence-electron chi connectivity index (χ3n) is 4.57. The molecule has 0 atom stereocenters. The van der Waals surface area contributed by atoms with Crippen molar-refractivity contribution in [2.45, 2.75) is 19.8 Å². The molecule has 0 radical (unpaired) electrons. The molecule has 1 N–H and O–H groups in total. The van der Waals surface area contributed by atoms with Gasteiger partial charge in [0, 0.05) is 24.4 Å². The third kappa shape index (κ3) is 3.52. The van der Waals surface area contributed by atoms with Crippen LogP contribution in [-0.4, -0.2) is 36.1 Å². The van der Waals surface area contributed by atoms with Crippen LogP contribution in [0.25, 0.3) is 10.2 Å². The van der Waals surface area contributed by atoms with Gasteiger partial charge in [0.15, 0.2) is 10.3 Å². The fourth-order valence-electron chi connectivity index (χ4n) is 3.11. The van der Waals surface area contributed by atoms with Crippen LogP contribution in [0.3, 0.4) is 0 Å². The van der Waals surface area contributed by atoms with Gasteiger partial charge in [-0.2, -0.15) is 0 Å². The first kappa shape index (κ1) is 17.2. The number of fused-ring (bicyclic) bond motifs is 1. The van der Waals surface area contributed by atoms with Crippen LogP contribution in [0.1, 0.15) is 18.5 Å². The molecule has 0 unspecified atom stereocenters. The first-order valence-corrected chi connectivity index (χ1v) is 10.2. The lowest BCUT2D eigenvalue weighted by Crippen LogP contribution is -2.38. The molecule has 1 saturated heterocycles. The zero-order chi connectivity index (χ0) is 18.1. The van der Waals surface area contributed by atoms with Gasteiger partial charge in [-0.15, -0.1) is 11.3 Å². The lowest BCUT2D eigenvalue weighted by Gasteiger charge is -2.30. The van der Waals surface area contributed by atoms with E-state index in [9.17, 15) is 4.79 Å².